The van der Waals surface area contributed by atoms with Crippen molar-refractivity contribution in [2.75, 3.05) is 5.01 Å². The number of sulfonamides is 1. The van der Waals surface area contributed by atoms with Crippen LogP contribution in [0.3, 0.4) is 0 Å². The molecule has 0 bridgehead atoms. The third kappa shape index (κ3) is 4.42. The monoisotopic (exact) mass is 475 g/mol. The first-order valence-electron chi connectivity index (χ1n) is 8.93. The first-order chi connectivity index (χ1) is 14.6. The number of anilines is 1. The molecule has 4 rings (SSSR count). The summed E-state index contributed by atoms with van der Waals surface area (Å²) in [6.45, 7) is 1.71. The average molecular weight is 476 g/mol. The fourth-order valence-corrected chi connectivity index (χ4v) is 4.09. The number of benzene rings is 2. The predicted molar refractivity (Wildman–Crippen MR) is 121 cm³/mol. The van der Waals surface area contributed by atoms with Crippen LogP contribution < -0.4 is 10.1 Å². The number of hydrogen-bond acceptors (Lipinski definition) is 5. The smallest absolute Gasteiger partial charge is 0.280 e. The maximum Gasteiger partial charge on any atom is 0.280 e. The number of nitrogens with two attached hydrogens (primary N) is 1. The second-order valence-corrected chi connectivity index (χ2v) is 9.19. The first kappa shape index (κ1) is 21.3. The van der Waals surface area contributed by atoms with Gasteiger partial charge in [0.05, 0.1) is 21.9 Å². The zero-order chi connectivity index (χ0) is 22.3. The Hall–Kier alpha value is -2.91. The molecule has 10 heteroatoms. The number of carbonyl (C=O) groups excluding carboxylic acids is 1. The molecule has 7 nitrogen and oxygen atoms in total. The zero-order valence-electron chi connectivity index (χ0n) is 16.0. The van der Waals surface area contributed by atoms with E-state index in [1.54, 1.807) is 55.5 Å². The molecule has 0 saturated carbocycles. The molecule has 0 fully saturated rings. The second kappa shape index (κ2) is 7.97. The van der Waals surface area contributed by atoms with Gasteiger partial charge in [0.2, 0.25) is 10.0 Å². The minimum Gasteiger partial charge on any atom is -0.457 e. The van der Waals surface area contributed by atoms with Gasteiger partial charge in [0.1, 0.15) is 11.5 Å². The van der Waals surface area contributed by atoms with E-state index in [4.69, 9.17) is 32.8 Å². The number of halogens is 2. The fraction of sp³-hybridized carbons (Fsp3) is 0.0476. The van der Waals surface area contributed by atoms with Crippen LogP contribution in [0.15, 0.2) is 74.6 Å². The lowest BCUT2D eigenvalue weighted by Crippen LogP contribution is -2.21. The molecule has 0 aliphatic carbocycles. The molecule has 0 spiro atoms. The van der Waals surface area contributed by atoms with Gasteiger partial charge in [-0.2, -0.15) is 10.1 Å². The number of furan rings is 1. The number of primary sulfonamides is 1. The van der Waals surface area contributed by atoms with Crippen LogP contribution in [0.2, 0.25) is 10.0 Å². The molecular formula is C21H15Cl2N3O4S. The van der Waals surface area contributed by atoms with Crippen LogP contribution in [-0.2, 0) is 14.8 Å². The second-order valence-electron chi connectivity index (χ2n) is 6.76. The van der Waals surface area contributed by atoms with E-state index in [1.807, 2.05) is 0 Å². The molecule has 2 heterocycles. The minimum absolute atomic E-state index is 0.00902. The Morgan fingerprint density at radius 1 is 1.03 bits per heavy atom. The number of nitrogens with zero attached hydrogens (tertiary/aromatic N) is 2. The molecule has 1 amide bonds. The van der Waals surface area contributed by atoms with E-state index in [0.717, 1.165) is 0 Å². The van der Waals surface area contributed by atoms with E-state index in [0.29, 0.717) is 44.1 Å². The number of amides is 1. The maximum atomic E-state index is 12.9. The first-order valence-corrected chi connectivity index (χ1v) is 11.2. The molecule has 0 radical (unpaired) electrons. The quantitative estimate of drug-likeness (QED) is 0.551. The molecule has 2 N–H and O–H groups in total. The number of hydrogen-bond donors (Lipinski definition) is 1. The van der Waals surface area contributed by atoms with Crippen LogP contribution in [0.4, 0.5) is 5.69 Å². The van der Waals surface area contributed by atoms with E-state index < -0.39 is 10.0 Å². The molecule has 0 unspecified atom stereocenters. The largest absolute Gasteiger partial charge is 0.457 e. The third-order valence-electron chi connectivity index (χ3n) is 4.54. The van der Waals surface area contributed by atoms with Crippen molar-refractivity contribution in [2.45, 2.75) is 11.8 Å². The average Bonchev–Trinajstić information content (AvgIpc) is 3.27. The fourth-order valence-electron chi connectivity index (χ4n) is 3.06. The molecule has 1 aliphatic rings. The van der Waals surface area contributed by atoms with Crippen molar-refractivity contribution < 1.29 is 17.6 Å². The van der Waals surface area contributed by atoms with Gasteiger partial charge >= 0.3 is 0 Å². The molecule has 0 atom stereocenters. The van der Waals surface area contributed by atoms with Crippen molar-refractivity contribution in [3.8, 4) is 11.3 Å². The number of carbonyl (C=O) groups is 1. The van der Waals surface area contributed by atoms with Crippen LogP contribution in [0.5, 0.6) is 0 Å². The third-order valence-corrected chi connectivity index (χ3v) is 5.90. The Bertz CT molecular complexity index is 1340. The summed E-state index contributed by atoms with van der Waals surface area (Å²) in [6.07, 6.45) is 1.59. The van der Waals surface area contributed by atoms with Gasteiger partial charge in [0, 0.05) is 15.6 Å². The highest BCUT2D eigenvalue weighted by molar-refractivity contribution is 7.89. The van der Waals surface area contributed by atoms with E-state index in [1.165, 1.54) is 17.1 Å². The van der Waals surface area contributed by atoms with Crippen LogP contribution in [0, 0.1) is 0 Å². The SMILES string of the molecule is CC1=NN(c2cc(Cl)cc(Cl)c2)C(=O)C1=Cc1ccc(-c2ccc(S(N)(=O)=O)cc2)o1. The Balaban J connectivity index is 1.61. The van der Waals surface area contributed by atoms with Crippen molar-refractivity contribution in [3.63, 3.8) is 0 Å². The highest BCUT2D eigenvalue weighted by atomic mass is 35.5. The molecular weight excluding hydrogens is 461 g/mol. The molecule has 2 aromatic carbocycles. The summed E-state index contributed by atoms with van der Waals surface area (Å²) in [5.41, 5.74) is 1.99. The van der Waals surface area contributed by atoms with E-state index in [-0.39, 0.29) is 10.8 Å². The standard InChI is InChI=1S/C21H15Cl2N3O4S/c1-12-19(21(27)26(25-12)16-9-14(22)8-15(23)10-16)11-17-4-7-20(30-17)13-2-5-18(6-3-13)31(24,28)29/h2-11H,1H3,(H2,24,28,29). The highest BCUT2D eigenvalue weighted by Gasteiger charge is 2.29. The Labute approximate surface area is 188 Å². The van der Waals surface area contributed by atoms with Crippen LogP contribution >= 0.6 is 23.2 Å². The van der Waals surface area contributed by atoms with E-state index in [2.05, 4.69) is 5.10 Å². The van der Waals surface area contributed by atoms with E-state index in [9.17, 15) is 13.2 Å². The maximum absolute atomic E-state index is 12.9. The normalized spacial score (nSPS) is 15.6. The van der Waals surface area contributed by atoms with Gasteiger partial charge in [0.15, 0.2) is 0 Å². The lowest BCUT2D eigenvalue weighted by atomic mass is 10.1. The van der Waals surface area contributed by atoms with Crippen LogP contribution in [0.25, 0.3) is 17.4 Å². The Morgan fingerprint density at radius 3 is 2.29 bits per heavy atom. The summed E-state index contributed by atoms with van der Waals surface area (Å²) >= 11 is 12.1. The molecule has 1 aliphatic heterocycles. The number of rotatable bonds is 4. The Morgan fingerprint density at radius 2 is 1.68 bits per heavy atom. The molecule has 158 valence electrons. The predicted octanol–water partition coefficient (Wildman–Crippen LogP) is 4.71. The summed E-state index contributed by atoms with van der Waals surface area (Å²) in [5.74, 6) is 0.604. The van der Waals surface area contributed by atoms with Gasteiger partial charge in [-0.25, -0.2) is 13.6 Å². The van der Waals surface area contributed by atoms with Gasteiger partial charge < -0.3 is 4.42 Å². The lowest BCUT2D eigenvalue weighted by Gasteiger charge is -2.12. The van der Waals surface area contributed by atoms with Gasteiger partial charge in [-0.3, -0.25) is 4.79 Å². The van der Waals surface area contributed by atoms with Crippen molar-refractivity contribution in [1.82, 2.24) is 0 Å². The van der Waals surface area contributed by atoms with Crippen molar-refractivity contribution in [1.29, 1.82) is 0 Å². The van der Waals surface area contributed by atoms with Crippen molar-refractivity contribution in [3.05, 3.63) is 76.0 Å². The van der Waals surface area contributed by atoms with Gasteiger partial charge in [-0.15, -0.1) is 0 Å². The highest BCUT2D eigenvalue weighted by Crippen LogP contribution is 2.31. The lowest BCUT2D eigenvalue weighted by molar-refractivity contribution is -0.114. The van der Waals surface area contributed by atoms with Crippen molar-refractivity contribution in [2.24, 2.45) is 10.2 Å². The van der Waals surface area contributed by atoms with Gasteiger partial charge in [0.25, 0.3) is 5.91 Å². The zero-order valence-corrected chi connectivity index (χ0v) is 18.4. The van der Waals surface area contributed by atoms with Crippen LogP contribution in [0.1, 0.15) is 12.7 Å². The van der Waals surface area contributed by atoms with E-state index >= 15 is 0 Å². The molecule has 0 saturated heterocycles. The van der Waals surface area contributed by atoms with Crippen molar-refractivity contribution >= 4 is 56.6 Å². The van der Waals surface area contributed by atoms with Gasteiger partial charge in [-0.1, -0.05) is 23.2 Å². The molecule has 31 heavy (non-hydrogen) atoms. The minimum atomic E-state index is -3.77. The topological polar surface area (TPSA) is 106 Å². The summed E-state index contributed by atoms with van der Waals surface area (Å²) in [7, 11) is -3.77. The van der Waals surface area contributed by atoms with Crippen LogP contribution in [-0.4, -0.2) is 20.0 Å². The van der Waals surface area contributed by atoms with Gasteiger partial charge in [-0.05, 0) is 67.6 Å². The summed E-state index contributed by atoms with van der Waals surface area (Å²) in [6, 6.07) is 14.2. The summed E-state index contributed by atoms with van der Waals surface area (Å²) in [4.78, 5) is 12.9. The summed E-state index contributed by atoms with van der Waals surface area (Å²) < 4.78 is 28.6. The molecule has 1 aromatic heterocycles. The Kier molecular flexibility index (Phi) is 5.49. The molecule has 3 aromatic rings. The summed E-state index contributed by atoms with van der Waals surface area (Å²) in [5, 5.41) is 11.4. The number of hydrazone groups is 1.